The lowest BCUT2D eigenvalue weighted by atomic mass is 10.2. The lowest BCUT2D eigenvalue weighted by molar-refractivity contribution is -0.118. The van der Waals surface area contributed by atoms with Crippen molar-refractivity contribution in [2.45, 2.75) is 0 Å². The number of ether oxygens (including phenoxy) is 1. The first-order chi connectivity index (χ1) is 10.0. The maximum Gasteiger partial charge on any atom is 0.262 e. The molecule has 21 heavy (non-hydrogen) atoms. The van der Waals surface area contributed by atoms with Crippen LogP contribution in [0.15, 0.2) is 39.3 Å². The molecule has 1 aliphatic heterocycles. The van der Waals surface area contributed by atoms with Crippen molar-refractivity contribution in [1.82, 2.24) is 0 Å². The van der Waals surface area contributed by atoms with E-state index < -0.39 is 0 Å². The summed E-state index contributed by atoms with van der Waals surface area (Å²) in [6.45, 7) is 0.0103. The van der Waals surface area contributed by atoms with Crippen molar-refractivity contribution in [2.24, 2.45) is 0 Å². The van der Waals surface area contributed by atoms with Gasteiger partial charge in [0.15, 0.2) is 6.61 Å². The number of fused-ring (bicyclic) bond motifs is 1. The van der Waals surface area contributed by atoms with Crippen LogP contribution in [0.4, 0.5) is 22.7 Å². The van der Waals surface area contributed by atoms with E-state index in [4.69, 9.17) is 10.5 Å². The van der Waals surface area contributed by atoms with Crippen LogP contribution >= 0.6 is 31.9 Å². The fourth-order valence-corrected chi connectivity index (χ4v) is 2.70. The van der Waals surface area contributed by atoms with E-state index in [1.54, 1.807) is 12.1 Å². The molecule has 2 aromatic rings. The summed E-state index contributed by atoms with van der Waals surface area (Å²) in [6.07, 6.45) is 0. The number of carbonyl (C=O) groups excluding carboxylic acids is 1. The Morgan fingerprint density at radius 2 is 2.00 bits per heavy atom. The third kappa shape index (κ3) is 2.98. The molecule has 0 aliphatic carbocycles. The molecule has 3 rings (SSSR count). The van der Waals surface area contributed by atoms with Crippen LogP contribution < -0.4 is 21.1 Å². The molecule has 0 spiro atoms. The molecule has 0 saturated carbocycles. The number of rotatable bonds is 2. The van der Waals surface area contributed by atoms with Gasteiger partial charge in [-0.3, -0.25) is 4.79 Å². The highest BCUT2D eigenvalue weighted by Gasteiger charge is 2.18. The number of amides is 1. The summed E-state index contributed by atoms with van der Waals surface area (Å²) in [5.41, 5.74) is 8.73. The molecular weight excluding hydrogens is 402 g/mol. The van der Waals surface area contributed by atoms with Gasteiger partial charge in [0.05, 0.1) is 22.7 Å². The van der Waals surface area contributed by atoms with Crippen LogP contribution in [0.25, 0.3) is 0 Å². The minimum atomic E-state index is -0.179. The van der Waals surface area contributed by atoms with Gasteiger partial charge in [-0.05, 0) is 40.2 Å². The Hall–Kier alpha value is -1.73. The Labute approximate surface area is 138 Å². The van der Waals surface area contributed by atoms with Gasteiger partial charge >= 0.3 is 0 Å². The average Bonchev–Trinajstić information content (AvgIpc) is 2.44. The number of benzene rings is 2. The van der Waals surface area contributed by atoms with Crippen LogP contribution in [0.3, 0.4) is 0 Å². The summed E-state index contributed by atoms with van der Waals surface area (Å²) < 4.78 is 7.18. The molecule has 0 bridgehead atoms. The molecule has 0 aromatic heterocycles. The molecule has 0 unspecified atom stereocenters. The third-order valence-electron chi connectivity index (χ3n) is 2.98. The van der Waals surface area contributed by atoms with E-state index in [-0.39, 0.29) is 12.5 Å². The average molecular weight is 413 g/mol. The van der Waals surface area contributed by atoms with E-state index in [0.717, 1.165) is 14.6 Å². The molecule has 0 fully saturated rings. The normalized spacial score (nSPS) is 13.1. The van der Waals surface area contributed by atoms with Crippen molar-refractivity contribution in [3.63, 3.8) is 0 Å². The second-order valence-corrected chi connectivity index (χ2v) is 6.29. The minimum Gasteiger partial charge on any atom is -0.482 e. The lowest BCUT2D eigenvalue weighted by Crippen LogP contribution is -2.25. The fraction of sp³-hybridized carbons (Fsp3) is 0.0714. The highest BCUT2D eigenvalue weighted by atomic mass is 79.9. The standard InChI is InChI=1S/C14H11Br2N3O2/c15-7-1-2-8(16)10(3-7)18-11-5-12-13(4-9(11)17)21-6-14(20)19-12/h1-5,18H,6,17H2,(H,19,20). The molecule has 108 valence electrons. The second kappa shape index (κ2) is 5.57. The number of halogens is 2. The van der Waals surface area contributed by atoms with Crippen LogP contribution in [0, 0.1) is 0 Å². The Morgan fingerprint density at radius 3 is 2.81 bits per heavy atom. The SMILES string of the molecule is Nc1cc2c(cc1Nc1cc(Br)ccc1Br)NC(=O)CO2. The molecule has 1 aliphatic rings. The van der Waals surface area contributed by atoms with E-state index in [1.165, 1.54) is 0 Å². The molecule has 7 heteroatoms. The molecule has 0 atom stereocenters. The van der Waals surface area contributed by atoms with Gasteiger partial charge in [-0.1, -0.05) is 15.9 Å². The molecule has 0 saturated heterocycles. The van der Waals surface area contributed by atoms with Gasteiger partial charge in [-0.15, -0.1) is 0 Å². The highest BCUT2D eigenvalue weighted by molar-refractivity contribution is 9.11. The molecule has 0 radical (unpaired) electrons. The summed E-state index contributed by atoms with van der Waals surface area (Å²) >= 11 is 6.91. The molecule has 1 amide bonds. The maximum atomic E-state index is 11.4. The molecular formula is C14H11Br2N3O2. The number of nitrogens with one attached hydrogen (secondary N) is 2. The molecule has 4 N–H and O–H groups in total. The number of carbonyl (C=O) groups is 1. The van der Waals surface area contributed by atoms with E-state index in [1.807, 2.05) is 18.2 Å². The summed E-state index contributed by atoms with van der Waals surface area (Å²) in [5.74, 6) is 0.396. The third-order valence-corrected chi connectivity index (χ3v) is 4.17. The largest absolute Gasteiger partial charge is 0.482 e. The lowest BCUT2D eigenvalue weighted by Gasteiger charge is -2.20. The van der Waals surface area contributed by atoms with Crippen LogP contribution in [-0.2, 0) is 4.79 Å². The molecule has 2 aromatic carbocycles. The van der Waals surface area contributed by atoms with E-state index in [0.29, 0.717) is 22.8 Å². The van der Waals surface area contributed by atoms with Crippen molar-refractivity contribution in [1.29, 1.82) is 0 Å². The first kappa shape index (κ1) is 14.2. The predicted molar refractivity (Wildman–Crippen MR) is 90.1 cm³/mol. The van der Waals surface area contributed by atoms with Gasteiger partial charge < -0.3 is 21.1 Å². The first-order valence-electron chi connectivity index (χ1n) is 6.11. The zero-order chi connectivity index (χ0) is 15.0. The van der Waals surface area contributed by atoms with Gasteiger partial charge in [0.1, 0.15) is 5.75 Å². The van der Waals surface area contributed by atoms with Gasteiger partial charge in [-0.2, -0.15) is 0 Å². The smallest absolute Gasteiger partial charge is 0.262 e. The Kier molecular flexibility index (Phi) is 3.77. The number of anilines is 4. The van der Waals surface area contributed by atoms with Gasteiger partial charge in [0, 0.05) is 15.0 Å². The zero-order valence-electron chi connectivity index (χ0n) is 10.7. The Balaban J connectivity index is 1.97. The number of nitrogens with two attached hydrogens (primary N) is 1. The molecule has 5 nitrogen and oxygen atoms in total. The highest BCUT2D eigenvalue weighted by Crippen LogP contribution is 2.38. The Morgan fingerprint density at radius 1 is 1.19 bits per heavy atom. The van der Waals surface area contributed by atoms with Crippen LogP contribution in [-0.4, -0.2) is 12.5 Å². The summed E-state index contributed by atoms with van der Waals surface area (Å²) in [5, 5.41) is 6.00. The van der Waals surface area contributed by atoms with E-state index >= 15 is 0 Å². The van der Waals surface area contributed by atoms with Crippen molar-refractivity contribution in [3.05, 3.63) is 39.3 Å². The topological polar surface area (TPSA) is 76.4 Å². The second-order valence-electron chi connectivity index (χ2n) is 4.52. The van der Waals surface area contributed by atoms with Gasteiger partial charge in [0.25, 0.3) is 5.91 Å². The number of nitrogen functional groups attached to an aromatic ring is 1. The van der Waals surface area contributed by atoms with E-state index in [9.17, 15) is 4.79 Å². The van der Waals surface area contributed by atoms with Gasteiger partial charge in [0.2, 0.25) is 0 Å². The van der Waals surface area contributed by atoms with Crippen molar-refractivity contribution in [3.8, 4) is 5.75 Å². The monoisotopic (exact) mass is 411 g/mol. The summed E-state index contributed by atoms with van der Waals surface area (Å²) in [4.78, 5) is 11.4. The summed E-state index contributed by atoms with van der Waals surface area (Å²) in [7, 11) is 0. The van der Waals surface area contributed by atoms with E-state index in [2.05, 4.69) is 42.5 Å². The predicted octanol–water partition coefficient (Wildman–Crippen LogP) is 3.87. The van der Waals surface area contributed by atoms with Crippen molar-refractivity contribution < 1.29 is 9.53 Å². The maximum absolute atomic E-state index is 11.4. The van der Waals surface area contributed by atoms with Crippen molar-refractivity contribution in [2.75, 3.05) is 23.0 Å². The fourth-order valence-electron chi connectivity index (χ4n) is 1.99. The minimum absolute atomic E-state index is 0.0103. The number of hydrogen-bond donors (Lipinski definition) is 3. The molecule has 1 heterocycles. The quantitative estimate of drug-likeness (QED) is 0.654. The van der Waals surface area contributed by atoms with Crippen molar-refractivity contribution >= 4 is 60.5 Å². The number of hydrogen-bond acceptors (Lipinski definition) is 4. The summed E-state index contributed by atoms with van der Waals surface area (Å²) in [6, 6.07) is 9.24. The van der Waals surface area contributed by atoms with Crippen LogP contribution in [0.2, 0.25) is 0 Å². The Bertz CT molecular complexity index is 734. The zero-order valence-corrected chi connectivity index (χ0v) is 13.9. The first-order valence-corrected chi connectivity index (χ1v) is 7.70. The van der Waals surface area contributed by atoms with Gasteiger partial charge in [-0.25, -0.2) is 0 Å². The van der Waals surface area contributed by atoms with Crippen LogP contribution in [0.1, 0.15) is 0 Å². The van der Waals surface area contributed by atoms with Crippen LogP contribution in [0.5, 0.6) is 5.75 Å².